The summed E-state index contributed by atoms with van der Waals surface area (Å²) >= 11 is 1.97. The Morgan fingerprint density at radius 3 is 2.02 bits per heavy atom. The summed E-state index contributed by atoms with van der Waals surface area (Å²) in [6.07, 6.45) is 16.1. The van der Waals surface area contributed by atoms with Crippen LogP contribution in [0.15, 0.2) is 194 Å². The lowest BCUT2D eigenvalue weighted by atomic mass is 9.66. The molecule has 0 N–H and O–H groups in total. The SMILES string of the molecule is CC1(C)c2ccccc2-c2c(N(c3ccc(C4=CC=CCC4)cc3)c3cccc4c3sc3c(C5(c6ccccc6)C6=CCCC=C6c6ccccc65)cccc34)cccc21. The Morgan fingerprint density at radius 2 is 1.20 bits per heavy atom. The fourth-order valence-electron chi connectivity index (χ4n) is 11.2. The van der Waals surface area contributed by atoms with Crippen LogP contribution in [-0.2, 0) is 10.8 Å². The second kappa shape index (κ2) is 13.5. The van der Waals surface area contributed by atoms with Crippen LogP contribution in [0.4, 0.5) is 17.1 Å². The van der Waals surface area contributed by atoms with Crippen LogP contribution in [0.1, 0.15) is 78.5 Å². The average Bonchev–Trinajstić information content (AvgIpc) is 3.92. The lowest BCUT2D eigenvalue weighted by molar-refractivity contribution is 0.660. The average molecular weight is 788 g/mol. The largest absolute Gasteiger partial charge is 0.308 e. The van der Waals surface area contributed by atoms with Crippen molar-refractivity contribution in [1.29, 1.82) is 0 Å². The minimum atomic E-state index is -0.432. The maximum atomic E-state index is 2.57. The van der Waals surface area contributed by atoms with E-state index in [9.17, 15) is 0 Å². The van der Waals surface area contributed by atoms with Crippen molar-refractivity contribution in [3.63, 3.8) is 0 Å². The Labute approximate surface area is 357 Å². The van der Waals surface area contributed by atoms with Crippen molar-refractivity contribution in [3.05, 3.63) is 233 Å². The van der Waals surface area contributed by atoms with Crippen molar-refractivity contribution < 1.29 is 0 Å². The molecule has 12 rings (SSSR count). The Balaban J connectivity index is 1.14. The van der Waals surface area contributed by atoms with Gasteiger partial charge >= 0.3 is 0 Å². The van der Waals surface area contributed by atoms with E-state index in [4.69, 9.17) is 0 Å². The molecule has 1 aromatic heterocycles. The molecule has 0 bridgehead atoms. The number of rotatable bonds is 6. The van der Waals surface area contributed by atoms with Crippen LogP contribution in [-0.4, -0.2) is 0 Å². The number of anilines is 3. The molecular weight excluding hydrogens is 743 g/mol. The molecule has 4 aliphatic rings. The summed E-state index contributed by atoms with van der Waals surface area (Å²) in [4.78, 5) is 2.57. The molecule has 1 unspecified atom stereocenters. The van der Waals surface area contributed by atoms with Crippen LogP contribution in [0.25, 0.3) is 42.4 Å². The summed E-state index contributed by atoms with van der Waals surface area (Å²) in [5, 5.41) is 2.61. The summed E-state index contributed by atoms with van der Waals surface area (Å²) in [6.45, 7) is 4.76. The van der Waals surface area contributed by atoms with Gasteiger partial charge in [0.15, 0.2) is 0 Å². The molecule has 1 atom stereocenters. The predicted octanol–water partition coefficient (Wildman–Crippen LogP) is 16.0. The van der Waals surface area contributed by atoms with Gasteiger partial charge in [-0.3, -0.25) is 0 Å². The monoisotopic (exact) mass is 787 g/mol. The maximum Gasteiger partial charge on any atom is 0.0724 e. The number of allylic oxidation sites excluding steroid dienone is 8. The van der Waals surface area contributed by atoms with E-state index in [-0.39, 0.29) is 5.41 Å². The molecule has 2 heteroatoms. The molecule has 1 heterocycles. The lowest BCUT2D eigenvalue weighted by Crippen LogP contribution is -2.29. The zero-order valence-corrected chi connectivity index (χ0v) is 34.9. The van der Waals surface area contributed by atoms with Gasteiger partial charge in [-0.15, -0.1) is 11.3 Å². The van der Waals surface area contributed by atoms with Crippen LogP contribution in [0.2, 0.25) is 0 Å². The first-order valence-corrected chi connectivity index (χ1v) is 22.4. The molecule has 288 valence electrons. The smallest absolute Gasteiger partial charge is 0.0724 e. The minimum absolute atomic E-state index is 0.110. The molecule has 8 aromatic rings. The van der Waals surface area contributed by atoms with Gasteiger partial charge in [0.2, 0.25) is 0 Å². The van der Waals surface area contributed by atoms with E-state index in [1.165, 1.54) is 104 Å². The van der Waals surface area contributed by atoms with Crippen LogP contribution in [0.5, 0.6) is 0 Å². The highest BCUT2D eigenvalue weighted by molar-refractivity contribution is 7.26. The summed E-state index contributed by atoms with van der Waals surface area (Å²) in [6, 6.07) is 59.9. The molecule has 0 aliphatic heterocycles. The van der Waals surface area contributed by atoms with Crippen molar-refractivity contribution in [3.8, 4) is 11.1 Å². The van der Waals surface area contributed by atoms with Gasteiger partial charge in [0.1, 0.15) is 0 Å². The second-order valence-electron chi connectivity index (χ2n) is 17.3. The summed E-state index contributed by atoms with van der Waals surface area (Å²) in [5.74, 6) is 0. The lowest BCUT2D eigenvalue weighted by Gasteiger charge is -2.35. The van der Waals surface area contributed by atoms with Gasteiger partial charge in [0.25, 0.3) is 0 Å². The summed E-state index contributed by atoms with van der Waals surface area (Å²) < 4.78 is 2.65. The van der Waals surface area contributed by atoms with E-state index in [0.29, 0.717) is 0 Å². The van der Waals surface area contributed by atoms with Gasteiger partial charge in [-0.1, -0.05) is 178 Å². The predicted molar refractivity (Wildman–Crippen MR) is 256 cm³/mol. The highest BCUT2D eigenvalue weighted by Crippen LogP contribution is 2.61. The number of hydrogen-bond acceptors (Lipinski definition) is 2. The van der Waals surface area contributed by atoms with Crippen LogP contribution in [0, 0.1) is 0 Å². The van der Waals surface area contributed by atoms with Crippen molar-refractivity contribution in [2.45, 2.75) is 50.4 Å². The van der Waals surface area contributed by atoms with Gasteiger partial charge in [-0.2, -0.15) is 0 Å². The molecule has 0 amide bonds. The standard InChI is InChI=1S/C58H45NS/c1-57(2)47-27-12-11-24-46(47)54-50(57)30-17-32-52(54)59(41-36-34-39(35-37-41)38-18-5-3-6-19-38)53-33-16-26-45-44-25-15-31-51(55(44)60-56(45)53)58(40-20-7-4-8-21-40)48-28-13-9-22-42(48)43-23-10-14-29-49(43)58/h3-5,7-9,11-13,15-18,20-37H,6,10,14,19H2,1-2H3. The van der Waals surface area contributed by atoms with E-state index in [1.807, 2.05) is 11.3 Å². The van der Waals surface area contributed by atoms with Crippen molar-refractivity contribution in [2.75, 3.05) is 4.90 Å². The zero-order chi connectivity index (χ0) is 40.0. The fraction of sp³-hybridized carbons (Fsp3) is 0.138. The highest BCUT2D eigenvalue weighted by Gasteiger charge is 2.49. The summed E-state index contributed by atoms with van der Waals surface area (Å²) in [5.41, 5.74) is 19.4. The first-order chi connectivity index (χ1) is 29.5. The van der Waals surface area contributed by atoms with E-state index in [1.54, 1.807) is 0 Å². The van der Waals surface area contributed by atoms with Gasteiger partial charge < -0.3 is 4.90 Å². The van der Waals surface area contributed by atoms with E-state index < -0.39 is 5.41 Å². The third-order valence-electron chi connectivity index (χ3n) is 13.9. The van der Waals surface area contributed by atoms with Crippen LogP contribution < -0.4 is 4.90 Å². The second-order valence-corrected chi connectivity index (χ2v) is 18.3. The van der Waals surface area contributed by atoms with E-state index in [2.05, 4.69) is 207 Å². The Hall–Kier alpha value is -6.48. The molecule has 1 nitrogen and oxygen atoms in total. The van der Waals surface area contributed by atoms with E-state index >= 15 is 0 Å². The Bertz CT molecular complexity index is 3170. The third-order valence-corrected chi connectivity index (χ3v) is 15.1. The van der Waals surface area contributed by atoms with Crippen molar-refractivity contribution >= 4 is 59.7 Å². The molecule has 0 saturated carbocycles. The number of fused-ring (bicyclic) bond motifs is 9. The van der Waals surface area contributed by atoms with Crippen molar-refractivity contribution in [1.82, 2.24) is 0 Å². The van der Waals surface area contributed by atoms with Crippen molar-refractivity contribution in [2.24, 2.45) is 0 Å². The van der Waals surface area contributed by atoms with Crippen LogP contribution >= 0.6 is 11.3 Å². The molecule has 0 fully saturated rings. The Kier molecular flexibility index (Phi) is 7.99. The third kappa shape index (κ3) is 4.98. The zero-order valence-electron chi connectivity index (χ0n) is 34.1. The van der Waals surface area contributed by atoms with Crippen LogP contribution in [0.3, 0.4) is 0 Å². The summed E-state index contributed by atoms with van der Waals surface area (Å²) in [7, 11) is 0. The van der Waals surface area contributed by atoms with Gasteiger partial charge in [-0.05, 0) is 111 Å². The number of nitrogens with zero attached hydrogens (tertiary/aromatic N) is 1. The Morgan fingerprint density at radius 1 is 0.533 bits per heavy atom. The van der Waals surface area contributed by atoms with Gasteiger partial charge in [0, 0.05) is 32.1 Å². The number of thiophene rings is 1. The van der Waals surface area contributed by atoms with Gasteiger partial charge in [-0.25, -0.2) is 0 Å². The number of benzene rings is 7. The fourth-order valence-corrected chi connectivity index (χ4v) is 12.6. The normalized spacial score (nSPS) is 18.3. The molecule has 7 aromatic carbocycles. The molecule has 0 radical (unpaired) electrons. The maximum absolute atomic E-state index is 2.57. The number of hydrogen-bond donors (Lipinski definition) is 0. The first-order valence-electron chi connectivity index (χ1n) is 21.6. The van der Waals surface area contributed by atoms with E-state index in [0.717, 1.165) is 25.7 Å². The quantitative estimate of drug-likeness (QED) is 0.162. The minimum Gasteiger partial charge on any atom is -0.308 e. The molecular formula is C58H45NS. The topological polar surface area (TPSA) is 3.24 Å². The molecule has 4 aliphatic carbocycles. The highest BCUT2D eigenvalue weighted by atomic mass is 32.1. The molecule has 60 heavy (non-hydrogen) atoms. The first kappa shape index (κ1) is 35.5. The molecule has 0 saturated heterocycles. The molecule has 0 spiro atoms. The van der Waals surface area contributed by atoms with Gasteiger partial charge in [0.05, 0.1) is 21.5 Å².